The van der Waals surface area contributed by atoms with E-state index in [1.54, 1.807) is 21.8 Å². The summed E-state index contributed by atoms with van der Waals surface area (Å²) in [6, 6.07) is 1.67. The van der Waals surface area contributed by atoms with Gasteiger partial charge in [0.15, 0.2) is 0 Å². The number of aromatic nitrogens is 6. The SMILES string of the molecule is CCn1cc(C(=O)N2CCC(c3ccnc4nc(C(F)(F)F)nn34)CC2)c(C)n1. The minimum atomic E-state index is -4.62. The molecule has 0 aromatic carbocycles. The predicted molar refractivity (Wildman–Crippen MR) is 96.3 cm³/mol. The molecule has 0 radical (unpaired) electrons. The van der Waals surface area contributed by atoms with Gasteiger partial charge in [-0.2, -0.15) is 23.3 Å². The van der Waals surface area contributed by atoms with Crippen molar-refractivity contribution < 1.29 is 18.0 Å². The van der Waals surface area contributed by atoms with Crippen LogP contribution in [0.1, 0.15) is 53.3 Å². The van der Waals surface area contributed by atoms with Gasteiger partial charge >= 0.3 is 6.18 Å². The number of fused-ring (bicyclic) bond motifs is 1. The standard InChI is InChI=1S/C18H20F3N7O/c1-3-27-10-13(11(2)24-27)15(29)26-8-5-12(6-9-26)14-4-7-22-17-23-16(18(19,20)21)25-28(14)17/h4,7,10,12H,3,5-6,8-9H2,1-2H3. The van der Waals surface area contributed by atoms with Crippen LogP contribution in [0.15, 0.2) is 18.5 Å². The smallest absolute Gasteiger partial charge is 0.338 e. The third-order valence-corrected chi connectivity index (χ3v) is 5.22. The normalized spacial score (nSPS) is 16.0. The molecule has 1 saturated heterocycles. The zero-order valence-electron chi connectivity index (χ0n) is 16.0. The maximum atomic E-state index is 12.9. The first-order valence-corrected chi connectivity index (χ1v) is 9.40. The second-order valence-corrected chi connectivity index (χ2v) is 7.07. The number of aryl methyl sites for hydroxylation is 2. The molecule has 11 heteroatoms. The molecule has 0 spiro atoms. The van der Waals surface area contributed by atoms with Crippen LogP contribution in [0.5, 0.6) is 0 Å². The number of likely N-dealkylation sites (tertiary alicyclic amines) is 1. The first-order valence-electron chi connectivity index (χ1n) is 9.40. The molecule has 154 valence electrons. The minimum Gasteiger partial charge on any atom is -0.338 e. The van der Waals surface area contributed by atoms with Gasteiger partial charge in [0.1, 0.15) is 0 Å². The van der Waals surface area contributed by atoms with Crippen molar-refractivity contribution in [3.63, 3.8) is 0 Å². The lowest BCUT2D eigenvalue weighted by molar-refractivity contribution is -0.144. The molecule has 1 aliphatic heterocycles. The van der Waals surface area contributed by atoms with E-state index in [-0.39, 0.29) is 17.6 Å². The van der Waals surface area contributed by atoms with Crippen LogP contribution in [0.4, 0.5) is 13.2 Å². The lowest BCUT2D eigenvalue weighted by Gasteiger charge is -2.32. The Bertz CT molecular complexity index is 1050. The van der Waals surface area contributed by atoms with Gasteiger partial charge in [0.2, 0.25) is 0 Å². The maximum absolute atomic E-state index is 12.9. The van der Waals surface area contributed by atoms with Gasteiger partial charge in [0.05, 0.1) is 17.0 Å². The third kappa shape index (κ3) is 3.56. The fraction of sp³-hybridized carbons (Fsp3) is 0.500. The number of hydrogen-bond donors (Lipinski definition) is 0. The molecule has 0 N–H and O–H groups in total. The number of piperidine rings is 1. The molecule has 1 amide bonds. The molecule has 0 aliphatic carbocycles. The number of hydrogen-bond acceptors (Lipinski definition) is 5. The van der Waals surface area contributed by atoms with Gasteiger partial charge in [-0.3, -0.25) is 9.48 Å². The summed E-state index contributed by atoms with van der Waals surface area (Å²) >= 11 is 0. The number of rotatable bonds is 3. The van der Waals surface area contributed by atoms with Gasteiger partial charge in [-0.25, -0.2) is 9.50 Å². The molecule has 4 rings (SSSR count). The van der Waals surface area contributed by atoms with Crippen molar-refractivity contribution >= 4 is 11.7 Å². The number of carbonyl (C=O) groups excluding carboxylic acids is 1. The van der Waals surface area contributed by atoms with Crippen LogP contribution >= 0.6 is 0 Å². The topological polar surface area (TPSA) is 81.2 Å². The van der Waals surface area contributed by atoms with Crippen molar-refractivity contribution in [3.8, 4) is 0 Å². The van der Waals surface area contributed by atoms with E-state index in [1.807, 2.05) is 13.8 Å². The predicted octanol–water partition coefficient (Wildman–Crippen LogP) is 2.69. The van der Waals surface area contributed by atoms with Gasteiger partial charge in [0, 0.05) is 37.9 Å². The van der Waals surface area contributed by atoms with Crippen LogP contribution in [0.2, 0.25) is 0 Å². The van der Waals surface area contributed by atoms with Gasteiger partial charge in [-0.1, -0.05) is 0 Å². The van der Waals surface area contributed by atoms with E-state index < -0.39 is 12.0 Å². The molecule has 29 heavy (non-hydrogen) atoms. The second-order valence-electron chi connectivity index (χ2n) is 7.07. The summed E-state index contributed by atoms with van der Waals surface area (Å²) in [7, 11) is 0. The summed E-state index contributed by atoms with van der Waals surface area (Å²) in [6.45, 7) is 5.46. The zero-order valence-corrected chi connectivity index (χ0v) is 16.0. The summed E-state index contributed by atoms with van der Waals surface area (Å²) in [6.07, 6.45) is -0.189. The van der Waals surface area contributed by atoms with Crippen LogP contribution in [0, 0.1) is 6.92 Å². The van der Waals surface area contributed by atoms with Crippen molar-refractivity contribution in [2.45, 2.75) is 45.3 Å². The average molecular weight is 407 g/mol. The number of amides is 1. The highest BCUT2D eigenvalue weighted by Gasteiger charge is 2.37. The average Bonchev–Trinajstić information content (AvgIpc) is 3.30. The van der Waals surface area contributed by atoms with Crippen LogP contribution in [0.3, 0.4) is 0 Å². The van der Waals surface area contributed by atoms with Crippen molar-refractivity contribution in [1.82, 2.24) is 34.3 Å². The largest absolute Gasteiger partial charge is 0.453 e. The van der Waals surface area contributed by atoms with Crippen LogP contribution in [-0.4, -0.2) is 53.3 Å². The monoisotopic (exact) mass is 407 g/mol. The van der Waals surface area contributed by atoms with Gasteiger partial charge < -0.3 is 4.90 Å². The molecule has 8 nitrogen and oxygen atoms in total. The minimum absolute atomic E-state index is 0.0354. The third-order valence-electron chi connectivity index (χ3n) is 5.22. The summed E-state index contributed by atoms with van der Waals surface area (Å²) in [5.74, 6) is -1.38. The molecule has 0 saturated carbocycles. The van der Waals surface area contributed by atoms with E-state index >= 15 is 0 Å². The molecule has 0 unspecified atom stereocenters. The highest BCUT2D eigenvalue weighted by molar-refractivity contribution is 5.95. The van der Waals surface area contributed by atoms with Crippen LogP contribution in [-0.2, 0) is 12.7 Å². The Labute approximate surface area is 164 Å². The van der Waals surface area contributed by atoms with E-state index in [4.69, 9.17) is 0 Å². The van der Waals surface area contributed by atoms with Crippen molar-refractivity contribution in [1.29, 1.82) is 0 Å². The van der Waals surface area contributed by atoms with Gasteiger partial charge in [-0.05, 0) is 32.8 Å². The summed E-state index contributed by atoms with van der Waals surface area (Å²) in [5.41, 5.74) is 1.90. The lowest BCUT2D eigenvalue weighted by Crippen LogP contribution is -2.38. The summed E-state index contributed by atoms with van der Waals surface area (Å²) in [5, 5.41) is 7.93. The molecule has 1 aliphatic rings. The number of halogens is 3. The van der Waals surface area contributed by atoms with Crippen molar-refractivity contribution in [2.75, 3.05) is 13.1 Å². The summed E-state index contributed by atoms with van der Waals surface area (Å²) in [4.78, 5) is 22.0. The van der Waals surface area contributed by atoms with E-state index in [9.17, 15) is 18.0 Å². The second kappa shape index (κ2) is 7.12. The fourth-order valence-electron chi connectivity index (χ4n) is 3.68. The van der Waals surface area contributed by atoms with Crippen molar-refractivity contribution in [3.05, 3.63) is 41.2 Å². The van der Waals surface area contributed by atoms with Crippen molar-refractivity contribution in [2.24, 2.45) is 0 Å². The van der Waals surface area contributed by atoms with E-state index in [0.717, 1.165) is 0 Å². The maximum Gasteiger partial charge on any atom is 0.453 e. The highest BCUT2D eigenvalue weighted by Crippen LogP contribution is 2.31. The van der Waals surface area contributed by atoms with Gasteiger partial charge in [-0.15, -0.1) is 5.10 Å². The van der Waals surface area contributed by atoms with Crippen LogP contribution in [0.25, 0.3) is 5.78 Å². The Morgan fingerprint density at radius 2 is 1.97 bits per heavy atom. The Kier molecular flexibility index (Phi) is 4.75. The Morgan fingerprint density at radius 3 is 2.59 bits per heavy atom. The van der Waals surface area contributed by atoms with E-state index in [0.29, 0.717) is 49.4 Å². The Hall–Kier alpha value is -2.98. The first-order chi connectivity index (χ1) is 13.8. The summed E-state index contributed by atoms with van der Waals surface area (Å²) < 4.78 is 41.7. The molecular formula is C18H20F3N7O. The fourth-order valence-corrected chi connectivity index (χ4v) is 3.68. The molecule has 0 bridgehead atoms. The van der Waals surface area contributed by atoms with Crippen LogP contribution < -0.4 is 0 Å². The Morgan fingerprint density at radius 1 is 1.24 bits per heavy atom. The molecule has 3 aromatic heterocycles. The molecule has 3 aromatic rings. The molecular weight excluding hydrogens is 387 g/mol. The van der Waals surface area contributed by atoms with E-state index in [2.05, 4.69) is 20.2 Å². The zero-order chi connectivity index (χ0) is 20.8. The first kappa shape index (κ1) is 19.3. The number of carbonyl (C=O) groups is 1. The number of alkyl halides is 3. The quantitative estimate of drug-likeness (QED) is 0.667. The molecule has 4 heterocycles. The number of nitrogens with zero attached hydrogens (tertiary/aromatic N) is 7. The lowest BCUT2D eigenvalue weighted by atomic mass is 9.93. The highest BCUT2D eigenvalue weighted by atomic mass is 19.4. The Balaban J connectivity index is 1.52. The molecule has 1 fully saturated rings. The van der Waals surface area contributed by atoms with Gasteiger partial charge in [0.25, 0.3) is 17.5 Å². The molecule has 0 atom stereocenters. The van der Waals surface area contributed by atoms with E-state index in [1.165, 1.54) is 10.7 Å².